The van der Waals surface area contributed by atoms with E-state index in [1.165, 1.54) is 11.1 Å². The Hall–Kier alpha value is -2.55. The van der Waals surface area contributed by atoms with Crippen molar-refractivity contribution in [3.05, 3.63) is 65.7 Å². The van der Waals surface area contributed by atoms with Gasteiger partial charge in [-0.2, -0.15) is 0 Å². The molecule has 0 saturated carbocycles. The SMILES string of the molecule is C/C=C\c1ccccc1C.CCCC(=O)Nc1ccc(OC)cc1. The van der Waals surface area contributed by atoms with Gasteiger partial charge < -0.3 is 10.1 Å². The van der Waals surface area contributed by atoms with Crippen LogP contribution in [0.15, 0.2) is 54.6 Å². The van der Waals surface area contributed by atoms with E-state index in [4.69, 9.17) is 4.74 Å². The first kappa shape index (κ1) is 19.5. The van der Waals surface area contributed by atoms with Crippen LogP contribution in [0.3, 0.4) is 0 Å². The van der Waals surface area contributed by atoms with Gasteiger partial charge in [-0.05, 0) is 55.7 Å². The molecule has 0 heterocycles. The molecule has 0 aliphatic heterocycles. The van der Waals surface area contributed by atoms with E-state index in [-0.39, 0.29) is 5.91 Å². The van der Waals surface area contributed by atoms with Crippen molar-refractivity contribution >= 4 is 17.7 Å². The highest BCUT2D eigenvalue weighted by molar-refractivity contribution is 5.90. The molecule has 3 nitrogen and oxygen atoms in total. The molecular weight excluding hydrogens is 298 g/mol. The lowest BCUT2D eigenvalue weighted by atomic mass is 10.1. The highest BCUT2D eigenvalue weighted by atomic mass is 16.5. The summed E-state index contributed by atoms with van der Waals surface area (Å²) in [5, 5.41) is 2.80. The Morgan fingerprint density at radius 2 is 1.79 bits per heavy atom. The van der Waals surface area contributed by atoms with Gasteiger partial charge in [0, 0.05) is 12.1 Å². The topological polar surface area (TPSA) is 38.3 Å². The van der Waals surface area contributed by atoms with E-state index in [9.17, 15) is 4.79 Å². The first-order chi connectivity index (χ1) is 11.6. The molecule has 0 aromatic heterocycles. The van der Waals surface area contributed by atoms with Crippen LogP contribution in [0, 0.1) is 6.92 Å². The van der Waals surface area contributed by atoms with Gasteiger partial charge in [0.15, 0.2) is 0 Å². The van der Waals surface area contributed by atoms with E-state index in [0.717, 1.165) is 17.9 Å². The van der Waals surface area contributed by atoms with E-state index in [2.05, 4.69) is 48.7 Å². The molecule has 24 heavy (non-hydrogen) atoms. The summed E-state index contributed by atoms with van der Waals surface area (Å²) in [7, 11) is 1.62. The van der Waals surface area contributed by atoms with Crippen LogP contribution >= 0.6 is 0 Å². The number of anilines is 1. The maximum absolute atomic E-state index is 11.2. The second-order valence-electron chi connectivity index (χ2n) is 5.38. The molecule has 0 aliphatic rings. The summed E-state index contributed by atoms with van der Waals surface area (Å²) in [5.41, 5.74) is 3.45. The molecule has 1 N–H and O–H groups in total. The molecule has 0 bridgehead atoms. The second-order valence-corrected chi connectivity index (χ2v) is 5.38. The Kier molecular flexibility index (Phi) is 8.98. The van der Waals surface area contributed by atoms with Crippen LogP contribution in [0.4, 0.5) is 5.69 Å². The van der Waals surface area contributed by atoms with Crippen molar-refractivity contribution in [2.24, 2.45) is 0 Å². The fourth-order valence-corrected chi connectivity index (χ4v) is 2.08. The number of nitrogens with one attached hydrogen (secondary N) is 1. The molecule has 2 rings (SSSR count). The van der Waals surface area contributed by atoms with E-state index >= 15 is 0 Å². The summed E-state index contributed by atoms with van der Waals surface area (Å²) in [6.07, 6.45) is 5.60. The molecule has 2 aromatic carbocycles. The molecule has 0 spiro atoms. The van der Waals surface area contributed by atoms with Crippen LogP contribution in [0.1, 0.15) is 37.8 Å². The number of hydrogen-bond donors (Lipinski definition) is 1. The van der Waals surface area contributed by atoms with Gasteiger partial charge in [0.2, 0.25) is 5.91 Å². The lowest BCUT2D eigenvalue weighted by molar-refractivity contribution is -0.116. The summed E-state index contributed by atoms with van der Waals surface area (Å²) in [5.74, 6) is 0.844. The van der Waals surface area contributed by atoms with Crippen molar-refractivity contribution in [1.29, 1.82) is 0 Å². The van der Waals surface area contributed by atoms with E-state index in [1.54, 1.807) is 7.11 Å². The summed E-state index contributed by atoms with van der Waals surface area (Å²) in [6, 6.07) is 15.7. The van der Waals surface area contributed by atoms with Crippen molar-refractivity contribution in [3.63, 3.8) is 0 Å². The Morgan fingerprint density at radius 1 is 1.12 bits per heavy atom. The lowest BCUT2D eigenvalue weighted by Crippen LogP contribution is -2.10. The molecule has 0 unspecified atom stereocenters. The molecule has 2 aromatic rings. The third kappa shape index (κ3) is 7.14. The minimum absolute atomic E-state index is 0.0534. The number of hydrogen-bond acceptors (Lipinski definition) is 2. The van der Waals surface area contributed by atoms with E-state index < -0.39 is 0 Å². The van der Waals surface area contributed by atoms with Crippen molar-refractivity contribution in [2.45, 2.75) is 33.6 Å². The molecule has 0 atom stereocenters. The minimum Gasteiger partial charge on any atom is -0.497 e. The highest BCUT2D eigenvalue weighted by Gasteiger charge is 2.00. The quantitative estimate of drug-likeness (QED) is 0.792. The molecule has 128 valence electrons. The third-order valence-corrected chi connectivity index (χ3v) is 3.39. The monoisotopic (exact) mass is 325 g/mol. The molecule has 0 radical (unpaired) electrons. The smallest absolute Gasteiger partial charge is 0.224 e. The van der Waals surface area contributed by atoms with Gasteiger partial charge >= 0.3 is 0 Å². The molecule has 0 aliphatic carbocycles. The summed E-state index contributed by atoms with van der Waals surface area (Å²) >= 11 is 0. The van der Waals surface area contributed by atoms with Gasteiger partial charge in [0.25, 0.3) is 0 Å². The largest absolute Gasteiger partial charge is 0.497 e. The number of amides is 1. The van der Waals surface area contributed by atoms with Gasteiger partial charge in [-0.25, -0.2) is 0 Å². The van der Waals surface area contributed by atoms with Crippen LogP contribution < -0.4 is 10.1 Å². The Labute approximate surface area is 145 Å². The standard InChI is InChI=1S/C11H15NO2.C10H12/c1-3-4-11(13)12-9-5-7-10(14-2)8-6-9;1-3-6-10-8-5-4-7-9(10)2/h5-8H,3-4H2,1-2H3,(H,12,13);3-8H,1-2H3/b;6-3-. The van der Waals surface area contributed by atoms with Crippen molar-refractivity contribution in [1.82, 2.24) is 0 Å². The second kappa shape index (κ2) is 11.1. The van der Waals surface area contributed by atoms with Crippen LogP contribution in [-0.4, -0.2) is 13.0 Å². The van der Waals surface area contributed by atoms with Gasteiger partial charge in [0.1, 0.15) is 5.75 Å². The number of carbonyl (C=O) groups is 1. The normalized spacial score (nSPS) is 10.0. The maximum atomic E-state index is 11.2. The zero-order valence-electron chi connectivity index (χ0n) is 15.0. The summed E-state index contributed by atoms with van der Waals surface area (Å²) in [6.45, 7) is 6.13. The Morgan fingerprint density at radius 3 is 2.33 bits per heavy atom. The van der Waals surface area contributed by atoms with Gasteiger partial charge in [-0.3, -0.25) is 4.79 Å². The first-order valence-electron chi connectivity index (χ1n) is 8.23. The highest BCUT2D eigenvalue weighted by Crippen LogP contribution is 2.15. The number of ether oxygens (including phenoxy) is 1. The van der Waals surface area contributed by atoms with Crippen LogP contribution in [0.5, 0.6) is 5.75 Å². The fraction of sp³-hybridized carbons (Fsp3) is 0.286. The Balaban J connectivity index is 0.000000254. The first-order valence-corrected chi connectivity index (χ1v) is 8.23. The van der Waals surface area contributed by atoms with Crippen molar-refractivity contribution < 1.29 is 9.53 Å². The average Bonchev–Trinajstić information content (AvgIpc) is 2.59. The number of allylic oxidation sites excluding steroid dienone is 1. The summed E-state index contributed by atoms with van der Waals surface area (Å²) < 4.78 is 5.01. The van der Waals surface area contributed by atoms with Gasteiger partial charge in [-0.1, -0.05) is 43.3 Å². The zero-order valence-corrected chi connectivity index (χ0v) is 15.0. The predicted octanol–water partition coefficient (Wildman–Crippen LogP) is 5.46. The third-order valence-electron chi connectivity index (χ3n) is 3.39. The van der Waals surface area contributed by atoms with Gasteiger partial charge in [0.05, 0.1) is 7.11 Å². The molecular formula is C21H27NO2. The molecule has 0 fully saturated rings. The maximum Gasteiger partial charge on any atom is 0.224 e. The van der Waals surface area contributed by atoms with Crippen molar-refractivity contribution in [2.75, 3.05) is 12.4 Å². The number of methoxy groups -OCH3 is 1. The summed E-state index contributed by atoms with van der Waals surface area (Å²) in [4.78, 5) is 11.2. The van der Waals surface area contributed by atoms with Crippen molar-refractivity contribution in [3.8, 4) is 5.75 Å². The molecule has 0 saturated heterocycles. The predicted molar refractivity (Wildman–Crippen MR) is 102 cm³/mol. The number of aryl methyl sites for hydroxylation is 1. The average molecular weight is 325 g/mol. The minimum atomic E-state index is 0.0534. The van der Waals surface area contributed by atoms with E-state index in [1.807, 2.05) is 38.1 Å². The molecule has 1 amide bonds. The Bertz CT molecular complexity index is 645. The number of rotatable bonds is 5. The number of benzene rings is 2. The van der Waals surface area contributed by atoms with Gasteiger partial charge in [-0.15, -0.1) is 0 Å². The molecule has 3 heteroatoms. The zero-order chi connectivity index (χ0) is 17.8. The lowest BCUT2D eigenvalue weighted by Gasteiger charge is -2.04. The fourth-order valence-electron chi connectivity index (χ4n) is 2.08. The van der Waals surface area contributed by atoms with Crippen LogP contribution in [-0.2, 0) is 4.79 Å². The van der Waals surface area contributed by atoms with Crippen LogP contribution in [0.25, 0.3) is 6.08 Å². The van der Waals surface area contributed by atoms with E-state index in [0.29, 0.717) is 6.42 Å². The number of carbonyl (C=O) groups excluding carboxylic acids is 1. The van der Waals surface area contributed by atoms with Crippen LogP contribution in [0.2, 0.25) is 0 Å².